The van der Waals surface area contributed by atoms with Crippen LogP contribution in [0.4, 0.5) is 4.39 Å². The van der Waals surface area contributed by atoms with Gasteiger partial charge in [0, 0.05) is 49.3 Å². The van der Waals surface area contributed by atoms with Crippen molar-refractivity contribution < 1.29 is 18.7 Å². The van der Waals surface area contributed by atoms with Crippen LogP contribution in [-0.4, -0.2) is 48.9 Å². The molecule has 0 spiro atoms. The Balaban J connectivity index is 1.57. The minimum Gasteiger partial charge on any atom is -0.491 e. The third-order valence-corrected chi connectivity index (χ3v) is 4.92. The van der Waals surface area contributed by atoms with Gasteiger partial charge in [-0.1, -0.05) is 0 Å². The lowest BCUT2D eigenvalue weighted by molar-refractivity contribution is -0.112. The minimum absolute atomic E-state index is 0.0611. The van der Waals surface area contributed by atoms with Crippen LogP contribution in [0.5, 0.6) is 5.75 Å². The molecular weight excluding hydrogens is 347 g/mol. The maximum absolute atomic E-state index is 14.5. The summed E-state index contributed by atoms with van der Waals surface area (Å²) < 4.78 is 25.5. The Hall–Kier alpha value is -2.47. The number of ketones is 1. The highest BCUT2D eigenvalue weighted by molar-refractivity contribution is 6.26. The van der Waals surface area contributed by atoms with Gasteiger partial charge in [0.2, 0.25) is 0 Å². The van der Waals surface area contributed by atoms with Gasteiger partial charge in [0.25, 0.3) is 0 Å². The van der Waals surface area contributed by atoms with Crippen LogP contribution in [0.3, 0.4) is 0 Å². The van der Waals surface area contributed by atoms with Gasteiger partial charge >= 0.3 is 0 Å². The van der Waals surface area contributed by atoms with Gasteiger partial charge in [-0.25, -0.2) is 9.38 Å². The lowest BCUT2D eigenvalue weighted by Crippen LogP contribution is -2.40. The molecule has 0 N–H and O–H groups in total. The first-order chi connectivity index (χ1) is 13.0. The molecule has 6 heteroatoms. The number of halogens is 1. The van der Waals surface area contributed by atoms with Gasteiger partial charge in [-0.05, 0) is 37.1 Å². The van der Waals surface area contributed by atoms with Gasteiger partial charge in [-0.15, -0.1) is 0 Å². The normalized spacial score (nSPS) is 21.0. The predicted octanol–water partition coefficient (Wildman–Crippen LogP) is 3.14. The fraction of sp³-hybridized carbons (Fsp3) is 0.429. The molecule has 0 bridgehead atoms. The maximum atomic E-state index is 14.5. The molecule has 0 unspecified atom stereocenters. The predicted molar refractivity (Wildman–Crippen MR) is 101 cm³/mol. The smallest absolute Gasteiger partial charge is 0.167 e. The van der Waals surface area contributed by atoms with Crippen LogP contribution >= 0.6 is 0 Å². The number of carbonyl (C=O) groups excluding carboxylic acids is 1. The molecule has 1 aromatic rings. The van der Waals surface area contributed by atoms with Gasteiger partial charge in [-0.3, -0.25) is 4.79 Å². The highest BCUT2D eigenvalue weighted by Gasteiger charge is 2.29. The SMILES string of the molecule is CC(C)Oc1cc(F)c2c(c1)/C(=C/C1=CN=C(N3CCOCC3)C1)C(=O)C2. The van der Waals surface area contributed by atoms with Crippen molar-refractivity contribution in [3.8, 4) is 5.75 Å². The average Bonchev–Trinajstić information content (AvgIpc) is 3.22. The molecule has 1 aromatic carbocycles. The number of ether oxygens (including phenoxy) is 2. The summed E-state index contributed by atoms with van der Waals surface area (Å²) in [6.07, 6.45) is 4.36. The van der Waals surface area contributed by atoms with E-state index in [1.54, 1.807) is 12.3 Å². The molecule has 27 heavy (non-hydrogen) atoms. The number of Topliss-reactive ketones (excluding diaryl/α,β-unsaturated/α-hetero) is 1. The van der Waals surface area contributed by atoms with E-state index in [1.807, 2.05) is 19.9 Å². The van der Waals surface area contributed by atoms with Crippen molar-refractivity contribution in [1.82, 2.24) is 4.90 Å². The quantitative estimate of drug-likeness (QED) is 0.767. The Morgan fingerprint density at radius 2 is 2.04 bits per heavy atom. The molecule has 0 atom stereocenters. The van der Waals surface area contributed by atoms with Crippen molar-refractivity contribution in [2.75, 3.05) is 26.3 Å². The lowest BCUT2D eigenvalue weighted by atomic mass is 10.0. The molecule has 0 aromatic heterocycles. The summed E-state index contributed by atoms with van der Waals surface area (Å²) in [4.78, 5) is 19.2. The van der Waals surface area contributed by atoms with E-state index in [4.69, 9.17) is 9.47 Å². The number of morpholine rings is 1. The number of fused-ring (bicyclic) bond motifs is 1. The number of amidine groups is 1. The van der Waals surface area contributed by atoms with E-state index >= 15 is 0 Å². The molecule has 1 saturated heterocycles. The highest BCUT2D eigenvalue weighted by Crippen LogP contribution is 2.36. The Morgan fingerprint density at radius 1 is 1.26 bits per heavy atom. The number of aliphatic imine (C=N–C) groups is 1. The summed E-state index contributed by atoms with van der Waals surface area (Å²) in [6.45, 7) is 6.86. The van der Waals surface area contributed by atoms with Crippen LogP contribution in [-0.2, 0) is 16.0 Å². The summed E-state index contributed by atoms with van der Waals surface area (Å²) in [6, 6.07) is 3.14. The molecular formula is C21H23FN2O3. The highest BCUT2D eigenvalue weighted by atomic mass is 19.1. The number of benzene rings is 1. The first-order valence-electron chi connectivity index (χ1n) is 9.34. The first kappa shape index (κ1) is 17.9. The maximum Gasteiger partial charge on any atom is 0.167 e. The van der Waals surface area contributed by atoms with Crippen molar-refractivity contribution >= 4 is 17.2 Å². The van der Waals surface area contributed by atoms with Gasteiger partial charge < -0.3 is 14.4 Å². The van der Waals surface area contributed by atoms with Crippen LogP contribution in [0.1, 0.15) is 31.4 Å². The fourth-order valence-electron chi connectivity index (χ4n) is 3.66. The van der Waals surface area contributed by atoms with Crippen molar-refractivity contribution in [2.24, 2.45) is 4.99 Å². The summed E-state index contributed by atoms with van der Waals surface area (Å²) in [5, 5.41) is 0. The van der Waals surface area contributed by atoms with Crippen molar-refractivity contribution in [1.29, 1.82) is 0 Å². The van der Waals surface area contributed by atoms with E-state index in [-0.39, 0.29) is 24.1 Å². The third-order valence-electron chi connectivity index (χ3n) is 4.92. The lowest BCUT2D eigenvalue weighted by Gasteiger charge is -2.28. The van der Waals surface area contributed by atoms with Gasteiger partial charge in [-0.2, -0.15) is 0 Å². The number of hydrogen-bond donors (Lipinski definition) is 0. The third kappa shape index (κ3) is 3.67. The second kappa shape index (κ2) is 7.27. The number of rotatable bonds is 3. The molecule has 0 saturated carbocycles. The van der Waals surface area contributed by atoms with E-state index in [1.165, 1.54) is 6.07 Å². The minimum atomic E-state index is -0.384. The van der Waals surface area contributed by atoms with Crippen LogP contribution in [0, 0.1) is 5.82 Å². The molecule has 0 amide bonds. The molecule has 2 aliphatic heterocycles. The number of carbonyl (C=O) groups is 1. The number of allylic oxidation sites excluding steroid dienone is 2. The van der Waals surface area contributed by atoms with E-state index < -0.39 is 0 Å². The van der Waals surface area contributed by atoms with Gasteiger partial charge in [0.05, 0.1) is 19.3 Å². The Labute approximate surface area is 158 Å². The van der Waals surface area contributed by atoms with E-state index in [9.17, 15) is 9.18 Å². The zero-order valence-electron chi connectivity index (χ0n) is 15.6. The summed E-state index contributed by atoms with van der Waals surface area (Å²) >= 11 is 0. The Kier molecular flexibility index (Phi) is 4.83. The first-order valence-corrected chi connectivity index (χ1v) is 9.34. The van der Waals surface area contributed by atoms with Crippen molar-refractivity contribution in [2.45, 2.75) is 32.8 Å². The number of nitrogens with zero attached hydrogens (tertiary/aromatic N) is 2. The molecule has 3 aliphatic rings. The Morgan fingerprint density at radius 3 is 2.78 bits per heavy atom. The Bertz CT molecular complexity index is 864. The monoisotopic (exact) mass is 370 g/mol. The van der Waals surface area contributed by atoms with Crippen LogP contribution < -0.4 is 4.74 Å². The number of hydrogen-bond acceptors (Lipinski definition) is 5. The van der Waals surface area contributed by atoms with Crippen LogP contribution in [0.2, 0.25) is 0 Å². The van der Waals surface area contributed by atoms with Crippen molar-refractivity contribution in [3.05, 3.63) is 46.9 Å². The zero-order chi connectivity index (χ0) is 19.0. The van der Waals surface area contributed by atoms with Crippen molar-refractivity contribution in [3.63, 3.8) is 0 Å². The summed E-state index contributed by atoms with van der Waals surface area (Å²) in [5.41, 5.74) is 2.60. The van der Waals surface area contributed by atoms with Gasteiger partial charge in [0.1, 0.15) is 17.4 Å². The zero-order valence-corrected chi connectivity index (χ0v) is 15.6. The molecule has 1 fully saturated rings. The average molecular weight is 370 g/mol. The second-order valence-corrected chi connectivity index (χ2v) is 7.28. The van der Waals surface area contributed by atoms with E-state index in [0.717, 1.165) is 24.5 Å². The van der Waals surface area contributed by atoms with Crippen LogP contribution in [0.25, 0.3) is 5.57 Å². The fourth-order valence-corrected chi connectivity index (χ4v) is 3.66. The molecule has 5 nitrogen and oxygen atoms in total. The van der Waals surface area contributed by atoms with Crippen LogP contribution in [0.15, 0.2) is 35.0 Å². The second-order valence-electron chi connectivity index (χ2n) is 7.28. The molecule has 1 aliphatic carbocycles. The summed E-state index contributed by atoms with van der Waals surface area (Å²) in [7, 11) is 0. The van der Waals surface area contributed by atoms with E-state index in [2.05, 4.69) is 9.89 Å². The largest absolute Gasteiger partial charge is 0.491 e. The topological polar surface area (TPSA) is 51.1 Å². The van der Waals surface area contributed by atoms with Gasteiger partial charge in [0.15, 0.2) is 5.78 Å². The standard InChI is InChI=1S/C21H23FN2O3/c1-13(2)27-15-9-16-17(19(22)10-15)11-20(25)18(16)7-14-8-21(23-12-14)24-3-5-26-6-4-24/h7,9-10,12-13H,3-6,8,11H2,1-2H3/b18-7-. The molecule has 4 rings (SSSR count). The molecule has 142 valence electrons. The molecule has 0 radical (unpaired) electrons. The van der Waals surface area contributed by atoms with E-state index in [0.29, 0.717) is 42.1 Å². The molecule has 2 heterocycles. The summed E-state index contributed by atoms with van der Waals surface area (Å²) in [5.74, 6) is 1.00.